The SMILES string of the molecule is N#CC(C#N)=C(C(=C(C#N)C#N)c1cccs1)c1cccs1. The Morgan fingerprint density at radius 1 is 0.682 bits per heavy atom. The van der Waals surface area contributed by atoms with Crippen LogP contribution in [0.3, 0.4) is 0 Å². The van der Waals surface area contributed by atoms with Crippen molar-refractivity contribution < 1.29 is 0 Å². The molecule has 0 bridgehead atoms. The highest BCUT2D eigenvalue weighted by atomic mass is 32.1. The third kappa shape index (κ3) is 2.80. The van der Waals surface area contributed by atoms with Gasteiger partial charge in [0.15, 0.2) is 0 Å². The number of hydrogen-bond acceptors (Lipinski definition) is 6. The molecule has 0 saturated heterocycles. The minimum Gasteiger partial charge on any atom is -0.192 e. The van der Waals surface area contributed by atoms with Gasteiger partial charge in [0.2, 0.25) is 0 Å². The van der Waals surface area contributed by atoms with Gasteiger partial charge in [0.25, 0.3) is 0 Å². The second kappa shape index (κ2) is 7.02. The summed E-state index contributed by atoms with van der Waals surface area (Å²) in [4.78, 5) is 1.34. The number of rotatable bonds is 3. The molecule has 0 spiro atoms. The van der Waals surface area contributed by atoms with Crippen LogP contribution in [0, 0.1) is 45.3 Å². The Labute approximate surface area is 135 Å². The van der Waals surface area contributed by atoms with Crippen molar-refractivity contribution in [3.05, 3.63) is 55.9 Å². The lowest BCUT2D eigenvalue weighted by Crippen LogP contribution is -1.94. The monoisotopic (exact) mass is 318 g/mol. The van der Waals surface area contributed by atoms with Gasteiger partial charge >= 0.3 is 0 Å². The summed E-state index contributed by atoms with van der Waals surface area (Å²) in [6, 6.07) is 14.5. The minimum absolute atomic E-state index is 0.117. The standard InChI is InChI=1S/C16H6N4S2/c17-7-11(8-18)15(13-3-1-5-21-13)16(12(9-19)10-20)14-4-2-6-22-14/h1-6H. The fourth-order valence-electron chi connectivity index (χ4n) is 1.86. The molecule has 0 aliphatic heterocycles. The van der Waals surface area contributed by atoms with Crippen LogP contribution < -0.4 is 0 Å². The van der Waals surface area contributed by atoms with Crippen LogP contribution in [0.25, 0.3) is 11.1 Å². The van der Waals surface area contributed by atoms with E-state index in [4.69, 9.17) is 0 Å². The molecule has 0 amide bonds. The van der Waals surface area contributed by atoms with Crippen molar-refractivity contribution in [2.24, 2.45) is 0 Å². The Morgan fingerprint density at radius 3 is 1.27 bits per heavy atom. The average Bonchev–Trinajstić information content (AvgIpc) is 3.24. The lowest BCUT2D eigenvalue weighted by molar-refractivity contribution is 1.45. The van der Waals surface area contributed by atoms with Crippen LogP contribution in [0.4, 0.5) is 0 Å². The first-order valence-corrected chi connectivity index (χ1v) is 7.69. The lowest BCUT2D eigenvalue weighted by Gasteiger charge is -2.09. The smallest absolute Gasteiger partial charge is 0.139 e. The molecule has 2 rings (SSSR count). The number of hydrogen-bond donors (Lipinski definition) is 0. The first-order valence-electron chi connectivity index (χ1n) is 5.93. The first-order chi connectivity index (χ1) is 10.8. The van der Waals surface area contributed by atoms with Crippen molar-refractivity contribution in [1.29, 1.82) is 21.0 Å². The summed E-state index contributed by atoms with van der Waals surface area (Å²) in [6.45, 7) is 0. The largest absolute Gasteiger partial charge is 0.192 e. The van der Waals surface area contributed by atoms with Crippen molar-refractivity contribution in [3.63, 3.8) is 0 Å². The second-order valence-corrected chi connectivity index (χ2v) is 5.80. The molecule has 0 radical (unpaired) electrons. The molecule has 0 N–H and O–H groups in total. The van der Waals surface area contributed by atoms with Crippen LogP contribution in [0.5, 0.6) is 0 Å². The van der Waals surface area contributed by atoms with Gasteiger partial charge in [0.1, 0.15) is 35.4 Å². The molecule has 22 heavy (non-hydrogen) atoms. The lowest BCUT2D eigenvalue weighted by atomic mass is 9.94. The fourth-order valence-corrected chi connectivity index (χ4v) is 3.42. The molecule has 4 nitrogen and oxygen atoms in total. The molecule has 6 heteroatoms. The molecule has 0 unspecified atom stereocenters. The second-order valence-electron chi connectivity index (χ2n) is 3.90. The topological polar surface area (TPSA) is 95.2 Å². The van der Waals surface area contributed by atoms with Gasteiger partial charge in [-0.3, -0.25) is 0 Å². The quantitative estimate of drug-likeness (QED) is 0.628. The fraction of sp³-hybridized carbons (Fsp3) is 0. The van der Waals surface area contributed by atoms with Gasteiger partial charge in [-0.15, -0.1) is 22.7 Å². The van der Waals surface area contributed by atoms with Crippen LogP contribution in [-0.4, -0.2) is 0 Å². The Bertz CT molecular complexity index is 793. The van der Waals surface area contributed by atoms with Crippen LogP contribution >= 0.6 is 22.7 Å². The molecule has 2 aromatic heterocycles. The van der Waals surface area contributed by atoms with E-state index in [1.54, 1.807) is 24.3 Å². The predicted molar refractivity (Wildman–Crippen MR) is 84.9 cm³/mol. The number of allylic oxidation sites excluding steroid dienone is 4. The van der Waals surface area contributed by atoms with Crippen LogP contribution in [0.2, 0.25) is 0 Å². The highest BCUT2D eigenvalue weighted by molar-refractivity contribution is 7.12. The summed E-state index contributed by atoms with van der Waals surface area (Å²) < 4.78 is 0. The molecule has 0 atom stereocenters. The third-order valence-corrected chi connectivity index (χ3v) is 4.51. The van der Waals surface area contributed by atoms with Gasteiger partial charge in [-0.05, 0) is 22.9 Å². The van der Waals surface area contributed by atoms with Crippen molar-refractivity contribution in [3.8, 4) is 24.3 Å². The van der Waals surface area contributed by atoms with E-state index in [2.05, 4.69) is 0 Å². The zero-order valence-electron chi connectivity index (χ0n) is 11.1. The summed E-state index contributed by atoms with van der Waals surface area (Å²) in [5, 5.41) is 40.7. The molecule has 2 aromatic rings. The van der Waals surface area contributed by atoms with Gasteiger partial charge in [0, 0.05) is 20.9 Å². The van der Waals surface area contributed by atoms with Crippen molar-refractivity contribution in [1.82, 2.24) is 0 Å². The normalized spacial score (nSPS) is 8.73. The van der Waals surface area contributed by atoms with Gasteiger partial charge in [-0.2, -0.15) is 21.0 Å². The van der Waals surface area contributed by atoms with Gasteiger partial charge < -0.3 is 0 Å². The number of thiophene rings is 2. The van der Waals surface area contributed by atoms with Crippen molar-refractivity contribution in [2.75, 3.05) is 0 Å². The maximum atomic E-state index is 9.26. The van der Waals surface area contributed by atoms with Crippen LogP contribution in [-0.2, 0) is 0 Å². The van der Waals surface area contributed by atoms with E-state index >= 15 is 0 Å². The Morgan fingerprint density at radius 2 is 1.05 bits per heavy atom. The van der Waals surface area contributed by atoms with Crippen molar-refractivity contribution >= 4 is 33.8 Å². The average molecular weight is 318 g/mol. The summed E-state index contributed by atoms with van der Waals surface area (Å²) >= 11 is 2.69. The Balaban J connectivity index is 2.91. The maximum Gasteiger partial charge on any atom is 0.139 e. The summed E-state index contributed by atoms with van der Waals surface area (Å²) in [6.07, 6.45) is 0. The van der Waals surface area contributed by atoms with E-state index in [9.17, 15) is 21.0 Å². The number of nitriles is 4. The molecule has 2 heterocycles. The van der Waals surface area contributed by atoms with E-state index in [0.717, 1.165) is 0 Å². The van der Waals surface area contributed by atoms with E-state index in [0.29, 0.717) is 20.9 Å². The van der Waals surface area contributed by atoms with E-state index in [1.165, 1.54) is 22.7 Å². The first kappa shape index (κ1) is 15.2. The minimum atomic E-state index is -0.117. The zero-order valence-corrected chi connectivity index (χ0v) is 12.7. The maximum absolute atomic E-state index is 9.26. The Kier molecular flexibility index (Phi) is 4.86. The van der Waals surface area contributed by atoms with Gasteiger partial charge in [-0.25, -0.2) is 0 Å². The highest BCUT2D eigenvalue weighted by Gasteiger charge is 2.22. The van der Waals surface area contributed by atoms with E-state index in [-0.39, 0.29) is 11.1 Å². The Hall–Kier alpha value is -3.16. The zero-order chi connectivity index (χ0) is 15.9. The molecule has 0 aromatic carbocycles. The molecule has 0 aliphatic rings. The van der Waals surface area contributed by atoms with Gasteiger partial charge in [-0.1, -0.05) is 12.1 Å². The van der Waals surface area contributed by atoms with Gasteiger partial charge in [0.05, 0.1) is 0 Å². The van der Waals surface area contributed by atoms with E-state index in [1.807, 2.05) is 35.0 Å². The molecular formula is C16H6N4S2. The van der Waals surface area contributed by atoms with E-state index < -0.39 is 0 Å². The summed E-state index contributed by atoms with van der Waals surface area (Å²) in [5.74, 6) is 0. The highest BCUT2D eigenvalue weighted by Crippen LogP contribution is 2.39. The summed E-state index contributed by atoms with van der Waals surface area (Å²) in [7, 11) is 0. The summed E-state index contributed by atoms with van der Waals surface area (Å²) in [5.41, 5.74) is 0.434. The van der Waals surface area contributed by atoms with Crippen LogP contribution in [0.15, 0.2) is 46.2 Å². The molecule has 0 aliphatic carbocycles. The van der Waals surface area contributed by atoms with Crippen molar-refractivity contribution in [2.45, 2.75) is 0 Å². The molecule has 102 valence electrons. The predicted octanol–water partition coefficient (Wildman–Crippen LogP) is 4.11. The molecule has 0 fully saturated rings. The third-order valence-electron chi connectivity index (χ3n) is 2.73. The number of nitrogens with zero attached hydrogens (tertiary/aromatic N) is 4. The van der Waals surface area contributed by atoms with Crippen LogP contribution in [0.1, 0.15) is 9.75 Å². The molecule has 0 saturated carbocycles. The molecular weight excluding hydrogens is 312 g/mol.